The van der Waals surface area contributed by atoms with E-state index in [9.17, 15) is 15.0 Å². The van der Waals surface area contributed by atoms with Crippen LogP contribution < -0.4 is 0 Å². The van der Waals surface area contributed by atoms with Gasteiger partial charge in [-0.2, -0.15) is 0 Å². The number of aliphatic hydroxyl groups excluding tert-OH is 2. The molecule has 0 saturated carbocycles. The average molecular weight is 397 g/mol. The van der Waals surface area contributed by atoms with Gasteiger partial charge in [0.2, 0.25) is 0 Å². The van der Waals surface area contributed by atoms with Gasteiger partial charge in [-0.1, -0.05) is 76.7 Å². The lowest BCUT2D eigenvalue weighted by molar-refractivity contribution is -0.145. The summed E-state index contributed by atoms with van der Waals surface area (Å²) in [6.07, 6.45) is 20.9. The van der Waals surface area contributed by atoms with Crippen molar-refractivity contribution in [3.63, 3.8) is 0 Å². The van der Waals surface area contributed by atoms with Gasteiger partial charge in [-0.05, 0) is 39.0 Å². The van der Waals surface area contributed by atoms with Gasteiger partial charge in [-0.3, -0.25) is 0 Å². The van der Waals surface area contributed by atoms with Crippen LogP contribution in [0.25, 0.3) is 0 Å². The standard InChI is InChI=1S/C24H44O4/c1-21(25)19-22(26)20-23-17-15-13-11-9-7-5-3-2-4-6-8-10-12-14-16-18-24(27)28-23/h16,18,21-23,25-26H,2-15,17,19-20H2,1H3. The van der Waals surface area contributed by atoms with Crippen molar-refractivity contribution in [1.29, 1.82) is 0 Å². The molecule has 0 radical (unpaired) electrons. The highest BCUT2D eigenvalue weighted by Gasteiger charge is 2.19. The lowest BCUT2D eigenvalue weighted by atomic mass is 10.00. The predicted octanol–water partition coefficient (Wildman–Crippen LogP) is 5.84. The first-order valence-electron chi connectivity index (χ1n) is 11.8. The predicted molar refractivity (Wildman–Crippen MR) is 115 cm³/mol. The number of allylic oxidation sites excluding steroid dienone is 1. The van der Waals surface area contributed by atoms with Crippen LogP contribution >= 0.6 is 0 Å². The maximum absolute atomic E-state index is 12.1. The SMILES string of the molecule is CC(O)CC(O)CC1CCCCCCCCCCCCCCCC=CC(=O)O1. The van der Waals surface area contributed by atoms with E-state index in [0.717, 1.165) is 32.1 Å². The third-order valence-corrected chi connectivity index (χ3v) is 5.58. The van der Waals surface area contributed by atoms with Crippen LogP contribution in [-0.2, 0) is 9.53 Å². The van der Waals surface area contributed by atoms with Crippen LogP contribution in [0.2, 0.25) is 0 Å². The summed E-state index contributed by atoms with van der Waals surface area (Å²) >= 11 is 0. The summed E-state index contributed by atoms with van der Waals surface area (Å²) in [5.41, 5.74) is 0. The van der Waals surface area contributed by atoms with E-state index in [0.29, 0.717) is 12.8 Å². The van der Waals surface area contributed by atoms with Crippen molar-refractivity contribution in [2.45, 2.75) is 134 Å². The fourth-order valence-electron chi connectivity index (χ4n) is 3.98. The molecular formula is C24H44O4. The molecule has 4 heteroatoms. The fraction of sp³-hybridized carbons (Fsp3) is 0.875. The number of hydrogen-bond donors (Lipinski definition) is 2. The molecule has 0 aromatic carbocycles. The van der Waals surface area contributed by atoms with Crippen molar-refractivity contribution in [2.24, 2.45) is 0 Å². The lowest BCUT2D eigenvalue weighted by Crippen LogP contribution is -2.25. The van der Waals surface area contributed by atoms with Gasteiger partial charge in [0, 0.05) is 12.5 Å². The number of hydrogen-bond acceptors (Lipinski definition) is 4. The van der Waals surface area contributed by atoms with Crippen LogP contribution in [0.1, 0.15) is 116 Å². The van der Waals surface area contributed by atoms with Crippen LogP contribution in [-0.4, -0.2) is 34.5 Å². The smallest absolute Gasteiger partial charge is 0.330 e. The Morgan fingerprint density at radius 3 is 1.93 bits per heavy atom. The Balaban J connectivity index is 2.48. The summed E-state index contributed by atoms with van der Waals surface area (Å²) in [6.45, 7) is 1.67. The van der Waals surface area contributed by atoms with Crippen LogP contribution in [0.15, 0.2) is 12.2 Å². The summed E-state index contributed by atoms with van der Waals surface area (Å²) in [4.78, 5) is 12.1. The Bertz CT molecular complexity index is 405. The number of carbonyl (C=O) groups excluding carboxylic acids is 1. The number of ether oxygens (including phenoxy) is 1. The quantitative estimate of drug-likeness (QED) is 0.586. The van der Waals surface area contributed by atoms with E-state index in [2.05, 4.69) is 0 Å². The van der Waals surface area contributed by atoms with Crippen molar-refractivity contribution >= 4 is 5.97 Å². The molecule has 0 fully saturated rings. The molecule has 0 spiro atoms. The summed E-state index contributed by atoms with van der Waals surface area (Å²) in [5, 5.41) is 19.6. The molecule has 0 aliphatic carbocycles. The maximum atomic E-state index is 12.1. The zero-order valence-corrected chi connectivity index (χ0v) is 18.1. The van der Waals surface area contributed by atoms with Crippen LogP contribution in [0.5, 0.6) is 0 Å². The van der Waals surface area contributed by atoms with Crippen LogP contribution in [0.4, 0.5) is 0 Å². The largest absolute Gasteiger partial charge is 0.459 e. The highest BCUT2D eigenvalue weighted by molar-refractivity contribution is 5.82. The van der Waals surface area contributed by atoms with Gasteiger partial charge in [0.15, 0.2) is 0 Å². The molecular weight excluding hydrogens is 352 g/mol. The van der Waals surface area contributed by atoms with Crippen molar-refractivity contribution in [3.8, 4) is 0 Å². The highest BCUT2D eigenvalue weighted by Crippen LogP contribution is 2.18. The molecule has 2 N–H and O–H groups in total. The van der Waals surface area contributed by atoms with Gasteiger partial charge < -0.3 is 14.9 Å². The van der Waals surface area contributed by atoms with Crippen LogP contribution in [0, 0.1) is 0 Å². The van der Waals surface area contributed by atoms with Gasteiger partial charge in [-0.15, -0.1) is 0 Å². The molecule has 0 aromatic heterocycles. The van der Waals surface area contributed by atoms with E-state index in [4.69, 9.17) is 4.74 Å². The minimum Gasteiger partial charge on any atom is -0.459 e. The van der Waals surface area contributed by atoms with E-state index in [1.807, 2.05) is 6.08 Å². The molecule has 1 rings (SSSR count). The molecule has 164 valence electrons. The second-order valence-corrected chi connectivity index (χ2v) is 8.61. The van der Waals surface area contributed by atoms with Gasteiger partial charge in [0.1, 0.15) is 6.10 Å². The number of esters is 1. The van der Waals surface area contributed by atoms with Crippen molar-refractivity contribution in [1.82, 2.24) is 0 Å². The molecule has 0 bridgehead atoms. The third kappa shape index (κ3) is 15.1. The second-order valence-electron chi connectivity index (χ2n) is 8.61. The Morgan fingerprint density at radius 2 is 1.39 bits per heavy atom. The Morgan fingerprint density at radius 1 is 0.893 bits per heavy atom. The summed E-state index contributed by atoms with van der Waals surface area (Å²) in [5.74, 6) is -0.302. The average Bonchev–Trinajstić information content (AvgIpc) is 2.62. The first-order chi connectivity index (χ1) is 13.6. The summed E-state index contributed by atoms with van der Waals surface area (Å²) < 4.78 is 5.62. The maximum Gasteiger partial charge on any atom is 0.330 e. The Labute approximate surface area is 172 Å². The molecule has 28 heavy (non-hydrogen) atoms. The molecule has 3 atom stereocenters. The van der Waals surface area contributed by atoms with Gasteiger partial charge in [0.05, 0.1) is 12.2 Å². The normalized spacial score (nSPS) is 24.8. The summed E-state index contributed by atoms with van der Waals surface area (Å²) in [6, 6.07) is 0. The monoisotopic (exact) mass is 396 g/mol. The molecule has 0 amide bonds. The first-order valence-corrected chi connectivity index (χ1v) is 11.8. The zero-order valence-electron chi connectivity index (χ0n) is 18.1. The number of cyclic esters (lactones) is 1. The van der Waals surface area contributed by atoms with Crippen molar-refractivity contribution < 1.29 is 19.7 Å². The van der Waals surface area contributed by atoms with Crippen molar-refractivity contribution in [3.05, 3.63) is 12.2 Å². The molecule has 1 heterocycles. The third-order valence-electron chi connectivity index (χ3n) is 5.58. The molecule has 0 aromatic rings. The minimum absolute atomic E-state index is 0.267. The van der Waals surface area contributed by atoms with E-state index >= 15 is 0 Å². The van der Waals surface area contributed by atoms with Gasteiger partial charge in [-0.25, -0.2) is 4.79 Å². The number of rotatable bonds is 4. The Hall–Kier alpha value is -0.870. The van der Waals surface area contributed by atoms with E-state index in [1.54, 1.807) is 13.0 Å². The molecule has 3 unspecified atom stereocenters. The first kappa shape index (κ1) is 25.2. The van der Waals surface area contributed by atoms with E-state index < -0.39 is 12.2 Å². The molecule has 4 nitrogen and oxygen atoms in total. The van der Waals surface area contributed by atoms with Gasteiger partial charge in [0.25, 0.3) is 0 Å². The van der Waals surface area contributed by atoms with Gasteiger partial charge >= 0.3 is 5.97 Å². The highest BCUT2D eigenvalue weighted by atomic mass is 16.5. The van der Waals surface area contributed by atoms with Crippen molar-refractivity contribution in [2.75, 3.05) is 0 Å². The van der Waals surface area contributed by atoms with E-state index in [-0.39, 0.29) is 12.1 Å². The fourth-order valence-corrected chi connectivity index (χ4v) is 3.98. The van der Waals surface area contributed by atoms with Crippen LogP contribution in [0.3, 0.4) is 0 Å². The molecule has 1 aliphatic heterocycles. The molecule has 1 aliphatic rings. The second kappa shape index (κ2) is 17.0. The molecule has 0 saturated heterocycles. The number of aliphatic hydroxyl groups is 2. The minimum atomic E-state index is -0.632. The summed E-state index contributed by atoms with van der Waals surface area (Å²) in [7, 11) is 0. The van der Waals surface area contributed by atoms with E-state index in [1.165, 1.54) is 64.2 Å². The lowest BCUT2D eigenvalue weighted by Gasteiger charge is -2.21. The Kier molecular flexibility index (Phi) is 15.3. The topological polar surface area (TPSA) is 66.8 Å². The number of carbonyl (C=O) groups is 1. The zero-order chi connectivity index (χ0) is 20.5.